The van der Waals surface area contributed by atoms with E-state index in [1.165, 1.54) is 5.56 Å². The van der Waals surface area contributed by atoms with E-state index < -0.39 is 0 Å². The zero-order valence-electron chi connectivity index (χ0n) is 16.0. The second-order valence-electron chi connectivity index (χ2n) is 6.51. The molecule has 2 rings (SSSR count). The van der Waals surface area contributed by atoms with Gasteiger partial charge in [-0.2, -0.15) is 0 Å². The summed E-state index contributed by atoms with van der Waals surface area (Å²) in [6.07, 6.45) is 0.970. The number of hydrogen-bond acceptors (Lipinski definition) is 3. The Bertz CT molecular complexity index is 740. The van der Waals surface area contributed by atoms with E-state index in [0.29, 0.717) is 18.0 Å². The van der Waals surface area contributed by atoms with Crippen molar-refractivity contribution in [1.29, 1.82) is 0 Å². The Morgan fingerprint density at radius 2 is 1.59 bits per heavy atom. The second-order valence-corrected chi connectivity index (χ2v) is 6.51. The number of aryl methyl sites for hydroxylation is 1. The molecule has 3 amide bonds. The number of hydrogen-bond donors (Lipinski definition) is 3. The molecule has 2 aromatic carbocycles. The van der Waals surface area contributed by atoms with Gasteiger partial charge in [0.15, 0.2) is 6.61 Å². The third-order valence-corrected chi connectivity index (χ3v) is 3.82. The highest BCUT2D eigenvalue weighted by molar-refractivity contribution is 5.89. The molecule has 0 fully saturated rings. The number of rotatable bonds is 8. The average molecular weight is 369 g/mol. The van der Waals surface area contributed by atoms with E-state index in [2.05, 4.69) is 22.9 Å². The van der Waals surface area contributed by atoms with Gasteiger partial charge in [-0.1, -0.05) is 31.2 Å². The molecule has 0 spiro atoms. The SMILES string of the molecule is CCc1ccc(OCC(=O)NCc2ccc(NC(=O)NC(C)C)cc2)cc1. The smallest absolute Gasteiger partial charge is 0.319 e. The maximum Gasteiger partial charge on any atom is 0.319 e. The van der Waals surface area contributed by atoms with Gasteiger partial charge >= 0.3 is 6.03 Å². The van der Waals surface area contributed by atoms with Crippen LogP contribution in [0.5, 0.6) is 5.75 Å². The van der Waals surface area contributed by atoms with Crippen molar-refractivity contribution in [2.75, 3.05) is 11.9 Å². The molecule has 2 aromatic rings. The van der Waals surface area contributed by atoms with Crippen molar-refractivity contribution >= 4 is 17.6 Å². The Kier molecular flexibility index (Phi) is 7.67. The molecule has 0 unspecified atom stereocenters. The van der Waals surface area contributed by atoms with Crippen LogP contribution in [0.2, 0.25) is 0 Å². The van der Waals surface area contributed by atoms with Crippen molar-refractivity contribution in [3.05, 3.63) is 59.7 Å². The summed E-state index contributed by atoms with van der Waals surface area (Å²) >= 11 is 0. The molecule has 6 nitrogen and oxygen atoms in total. The number of carbonyl (C=O) groups excluding carboxylic acids is 2. The molecular formula is C21H27N3O3. The van der Waals surface area contributed by atoms with Crippen molar-refractivity contribution in [3.8, 4) is 5.75 Å². The topological polar surface area (TPSA) is 79.5 Å². The van der Waals surface area contributed by atoms with Crippen LogP contribution in [0.3, 0.4) is 0 Å². The highest BCUT2D eigenvalue weighted by Gasteiger charge is 2.05. The summed E-state index contributed by atoms with van der Waals surface area (Å²) in [6, 6.07) is 14.9. The summed E-state index contributed by atoms with van der Waals surface area (Å²) < 4.78 is 5.48. The lowest BCUT2D eigenvalue weighted by atomic mass is 10.2. The fourth-order valence-electron chi connectivity index (χ4n) is 2.36. The number of benzene rings is 2. The Morgan fingerprint density at radius 1 is 0.963 bits per heavy atom. The lowest BCUT2D eigenvalue weighted by molar-refractivity contribution is -0.123. The number of ether oxygens (including phenoxy) is 1. The monoisotopic (exact) mass is 369 g/mol. The Labute approximate surface area is 160 Å². The van der Waals surface area contributed by atoms with Gasteiger partial charge in [0.1, 0.15) is 5.75 Å². The number of amides is 3. The minimum atomic E-state index is -0.241. The quantitative estimate of drug-likeness (QED) is 0.666. The molecule has 0 aromatic heterocycles. The Hall–Kier alpha value is -3.02. The van der Waals surface area contributed by atoms with E-state index in [9.17, 15) is 9.59 Å². The zero-order chi connectivity index (χ0) is 19.6. The van der Waals surface area contributed by atoms with Gasteiger partial charge in [-0.25, -0.2) is 4.79 Å². The van der Waals surface area contributed by atoms with Gasteiger partial charge < -0.3 is 20.7 Å². The molecule has 0 aliphatic heterocycles. The van der Waals surface area contributed by atoms with Crippen LogP contribution in [0.1, 0.15) is 31.9 Å². The lowest BCUT2D eigenvalue weighted by Gasteiger charge is -2.11. The third-order valence-electron chi connectivity index (χ3n) is 3.82. The largest absolute Gasteiger partial charge is 0.484 e. The summed E-state index contributed by atoms with van der Waals surface area (Å²) in [6.45, 7) is 6.26. The van der Waals surface area contributed by atoms with Crippen LogP contribution in [-0.4, -0.2) is 24.6 Å². The van der Waals surface area contributed by atoms with E-state index >= 15 is 0 Å². The molecule has 0 saturated heterocycles. The first-order chi connectivity index (χ1) is 13.0. The minimum absolute atomic E-state index is 0.0273. The van der Waals surface area contributed by atoms with Crippen molar-refractivity contribution in [1.82, 2.24) is 10.6 Å². The van der Waals surface area contributed by atoms with Gasteiger partial charge in [-0.15, -0.1) is 0 Å². The molecule has 0 saturated carbocycles. The first kappa shape index (κ1) is 20.3. The molecule has 0 heterocycles. The van der Waals surface area contributed by atoms with Gasteiger partial charge in [0.25, 0.3) is 5.91 Å². The Balaban J connectivity index is 1.73. The van der Waals surface area contributed by atoms with Crippen LogP contribution in [-0.2, 0) is 17.8 Å². The summed E-state index contributed by atoms with van der Waals surface area (Å²) in [4.78, 5) is 23.6. The number of anilines is 1. The molecule has 27 heavy (non-hydrogen) atoms. The van der Waals surface area contributed by atoms with E-state index in [0.717, 1.165) is 12.0 Å². The van der Waals surface area contributed by atoms with E-state index in [1.54, 1.807) is 12.1 Å². The number of nitrogens with one attached hydrogen (secondary N) is 3. The highest BCUT2D eigenvalue weighted by atomic mass is 16.5. The normalized spacial score (nSPS) is 10.4. The molecular weight excluding hydrogens is 342 g/mol. The van der Waals surface area contributed by atoms with E-state index in [-0.39, 0.29) is 24.6 Å². The molecule has 0 aliphatic carbocycles. The van der Waals surface area contributed by atoms with Crippen LogP contribution >= 0.6 is 0 Å². The van der Waals surface area contributed by atoms with Crippen LogP contribution in [0.25, 0.3) is 0 Å². The first-order valence-corrected chi connectivity index (χ1v) is 9.11. The average Bonchev–Trinajstić information content (AvgIpc) is 2.65. The predicted molar refractivity (Wildman–Crippen MR) is 107 cm³/mol. The highest BCUT2D eigenvalue weighted by Crippen LogP contribution is 2.12. The summed E-state index contributed by atoms with van der Waals surface area (Å²) in [5.41, 5.74) is 2.86. The molecule has 0 radical (unpaired) electrons. The first-order valence-electron chi connectivity index (χ1n) is 9.11. The maximum absolute atomic E-state index is 11.9. The molecule has 3 N–H and O–H groups in total. The van der Waals surface area contributed by atoms with Crippen LogP contribution in [0, 0.1) is 0 Å². The fourth-order valence-corrected chi connectivity index (χ4v) is 2.36. The van der Waals surface area contributed by atoms with Gasteiger partial charge in [0, 0.05) is 18.3 Å². The maximum atomic E-state index is 11.9. The van der Waals surface area contributed by atoms with Crippen molar-refractivity contribution < 1.29 is 14.3 Å². The second kappa shape index (κ2) is 10.2. The number of urea groups is 1. The molecule has 0 bridgehead atoms. The number of carbonyl (C=O) groups is 2. The summed E-state index contributed by atoms with van der Waals surface area (Å²) in [5, 5.41) is 8.33. The molecule has 6 heteroatoms. The minimum Gasteiger partial charge on any atom is -0.484 e. The van der Waals surface area contributed by atoms with E-state index in [1.807, 2.05) is 50.2 Å². The molecule has 0 atom stereocenters. The Morgan fingerprint density at radius 3 is 2.19 bits per heavy atom. The summed E-state index contributed by atoms with van der Waals surface area (Å²) in [7, 11) is 0. The van der Waals surface area contributed by atoms with Gasteiger partial charge in [-0.3, -0.25) is 4.79 Å². The summed E-state index contributed by atoms with van der Waals surface area (Å²) in [5.74, 6) is 0.491. The van der Waals surface area contributed by atoms with Gasteiger partial charge in [0.2, 0.25) is 0 Å². The van der Waals surface area contributed by atoms with Crippen molar-refractivity contribution in [2.24, 2.45) is 0 Å². The standard InChI is InChI=1S/C21H27N3O3/c1-4-16-7-11-19(12-8-16)27-14-20(25)22-13-17-5-9-18(10-6-17)24-21(26)23-15(2)3/h5-12,15H,4,13-14H2,1-3H3,(H,22,25)(H2,23,24,26). The molecule has 0 aliphatic rings. The van der Waals surface area contributed by atoms with Crippen LogP contribution in [0.4, 0.5) is 10.5 Å². The van der Waals surface area contributed by atoms with Crippen molar-refractivity contribution in [3.63, 3.8) is 0 Å². The third kappa shape index (κ3) is 7.40. The van der Waals surface area contributed by atoms with Crippen molar-refractivity contribution in [2.45, 2.75) is 39.8 Å². The van der Waals surface area contributed by atoms with E-state index in [4.69, 9.17) is 4.74 Å². The van der Waals surface area contributed by atoms with Gasteiger partial charge in [0.05, 0.1) is 0 Å². The fraction of sp³-hybridized carbons (Fsp3) is 0.333. The van der Waals surface area contributed by atoms with Gasteiger partial charge in [-0.05, 0) is 55.7 Å². The molecule has 144 valence electrons. The zero-order valence-corrected chi connectivity index (χ0v) is 16.0. The lowest BCUT2D eigenvalue weighted by Crippen LogP contribution is -2.34. The predicted octanol–water partition coefficient (Wildman–Crippen LogP) is 3.47. The van der Waals surface area contributed by atoms with Crippen LogP contribution in [0.15, 0.2) is 48.5 Å². The van der Waals surface area contributed by atoms with Crippen LogP contribution < -0.4 is 20.7 Å².